The van der Waals surface area contributed by atoms with E-state index < -0.39 is 23.0 Å². The van der Waals surface area contributed by atoms with Gasteiger partial charge in [0.1, 0.15) is 11.5 Å². The van der Waals surface area contributed by atoms with Gasteiger partial charge in [-0.1, -0.05) is 24.6 Å². The van der Waals surface area contributed by atoms with Gasteiger partial charge < -0.3 is 29.5 Å². The van der Waals surface area contributed by atoms with Gasteiger partial charge in [-0.05, 0) is 60.8 Å². The number of ether oxygens (including phenoxy) is 3. The summed E-state index contributed by atoms with van der Waals surface area (Å²) in [6, 6.07) is 12.8. The molecule has 40 heavy (non-hydrogen) atoms. The van der Waals surface area contributed by atoms with E-state index in [1.807, 2.05) is 12.1 Å². The molecule has 0 radical (unpaired) electrons. The summed E-state index contributed by atoms with van der Waals surface area (Å²) in [5.41, 5.74) is 8.03. The average molecular weight is 549 g/mol. The molecular weight excluding hydrogens is 512 g/mol. The minimum Gasteiger partial charge on any atom is -0.502 e. The normalized spacial score (nSPS) is 15.7. The SMILES string of the molecule is COc1cc([C@@H](CC(N)=O)c2oc(CN3CCCCC3)cc(=O)c2O)ccc1OCCc1ccc2c(c1)CCO2. The topological polar surface area (TPSA) is 124 Å². The molecule has 1 aromatic heterocycles. The van der Waals surface area contributed by atoms with Gasteiger partial charge >= 0.3 is 0 Å². The zero-order valence-electron chi connectivity index (χ0n) is 22.8. The summed E-state index contributed by atoms with van der Waals surface area (Å²) in [6.07, 6.45) is 4.85. The third-order valence-corrected chi connectivity index (χ3v) is 7.54. The van der Waals surface area contributed by atoms with Crippen molar-refractivity contribution < 1.29 is 28.5 Å². The van der Waals surface area contributed by atoms with E-state index in [-0.39, 0.29) is 12.2 Å². The molecule has 1 saturated heterocycles. The van der Waals surface area contributed by atoms with Crippen molar-refractivity contribution in [1.82, 2.24) is 4.90 Å². The summed E-state index contributed by atoms with van der Waals surface area (Å²) in [4.78, 5) is 27.0. The highest BCUT2D eigenvalue weighted by atomic mass is 16.5. The Hall–Kier alpha value is -3.98. The minimum absolute atomic E-state index is 0.0228. The Bertz CT molecular complexity index is 1410. The molecule has 2 aromatic carbocycles. The fourth-order valence-corrected chi connectivity index (χ4v) is 5.46. The maximum absolute atomic E-state index is 12.7. The minimum atomic E-state index is -0.775. The summed E-state index contributed by atoms with van der Waals surface area (Å²) in [7, 11) is 1.53. The van der Waals surface area contributed by atoms with Crippen LogP contribution in [-0.4, -0.2) is 49.3 Å². The van der Waals surface area contributed by atoms with Crippen LogP contribution in [0.3, 0.4) is 0 Å². The molecule has 1 atom stereocenters. The van der Waals surface area contributed by atoms with Gasteiger partial charge in [-0.25, -0.2) is 0 Å². The molecule has 1 fully saturated rings. The van der Waals surface area contributed by atoms with Crippen molar-refractivity contribution in [1.29, 1.82) is 0 Å². The maximum Gasteiger partial charge on any atom is 0.227 e. The summed E-state index contributed by atoms with van der Waals surface area (Å²) < 4.78 is 23.3. The van der Waals surface area contributed by atoms with Crippen molar-refractivity contribution in [2.45, 2.75) is 51.0 Å². The molecule has 9 heteroatoms. The van der Waals surface area contributed by atoms with E-state index in [2.05, 4.69) is 11.0 Å². The molecule has 212 valence electrons. The molecule has 2 aliphatic heterocycles. The number of hydrogen-bond donors (Lipinski definition) is 2. The fourth-order valence-electron chi connectivity index (χ4n) is 5.46. The summed E-state index contributed by atoms with van der Waals surface area (Å²) >= 11 is 0. The van der Waals surface area contributed by atoms with E-state index in [9.17, 15) is 14.7 Å². The van der Waals surface area contributed by atoms with Gasteiger partial charge in [-0.15, -0.1) is 0 Å². The Balaban J connectivity index is 1.36. The molecule has 0 aliphatic carbocycles. The second-order valence-corrected chi connectivity index (χ2v) is 10.4. The highest BCUT2D eigenvalue weighted by Gasteiger charge is 2.27. The van der Waals surface area contributed by atoms with Crippen LogP contribution in [0.4, 0.5) is 0 Å². The van der Waals surface area contributed by atoms with Crippen molar-refractivity contribution in [2.24, 2.45) is 5.73 Å². The fraction of sp³-hybridized carbons (Fsp3) is 0.419. The second kappa shape index (κ2) is 12.5. The largest absolute Gasteiger partial charge is 0.502 e. The lowest BCUT2D eigenvalue weighted by molar-refractivity contribution is -0.118. The number of piperidine rings is 1. The van der Waals surface area contributed by atoms with Crippen LogP contribution in [-0.2, 0) is 24.2 Å². The van der Waals surface area contributed by atoms with Crippen LogP contribution in [0, 0.1) is 0 Å². The van der Waals surface area contributed by atoms with Crippen LogP contribution in [0.5, 0.6) is 23.0 Å². The monoisotopic (exact) mass is 548 g/mol. The number of fused-ring (bicyclic) bond motifs is 1. The zero-order valence-corrected chi connectivity index (χ0v) is 22.8. The molecule has 9 nitrogen and oxygen atoms in total. The molecule has 3 N–H and O–H groups in total. The molecule has 3 heterocycles. The standard InChI is InChI=1S/C31H36N2O7/c1-37-28-16-21(6-8-27(28)39-13-9-20-5-7-26-22(15-20)10-14-38-26)24(18-29(32)35)31-30(36)25(34)17-23(40-31)19-33-11-3-2-4-12-33/h5-8,15-17,24,36H,2-4,9-14,18-19H2,1H3,(H2,32,35)/t24-/m1/s1. The number of primary amides is 1. The first-order valence-electron chi connectivity index (χ1n) is 13.8. The molecule has 0 bridgehead atoms. The van der Waals surface area contributed by atoms with Crippen LogP contribution in [0.25, 0.3) is 0 Å². The van der Waals surface area contributed by atoms with Gasteiger partial charge in [0, 0.05) is 25.3 Å². The molecule has 5 rings (SSSR count). The Kier molecular flexibility index (Phi) is 8.60. The number of carbonyl (C=O) groups is 1. The summed E-state index contributed by atoms with van der Waals surface area (Å²) in [5.74, 6) is 0.530. The van der Waals surface area contributed by atoms with Gasteiger partial charge in [-0.3, -0.25) is 14.5 Å². The predicted octanol–water partition coefficient (Wildman–Crippen LogP) is 3.90. The first-order chi connectivity index (χ1) is 19.4. The maximum atomic E-state index is 12.7. The smallest absolute Gasteiger partial charge is 0.227 e. The van der Waals surface area contributed by atoms with E-state index in [4.69, 9.17) is 24.4 Å². The van der Waals surface area contributed by atoms with E-state index in [1.165, 1.54) is 25.2 Å². The van der Waals surface area contributed by atoms with E-state index in [1.54, 1.807) is 18.2 Å². The Labute approximate surface area is 233 Å². The second-order valence-electron chi connectivity index (χ2n) is 10.4. The number of nitrogens with zero attached hydrogens (tertiary/aromatic N) is 1. The first-order valence-corrected chi connectivity index (χ1v) is 13.8. The van der Waals surface area contributed by atoms with Gasteiger partial charge in [0.2, 0.25) is 17.1 Å². The Morgan fingerprint density at radius 1 is 1.10 bits per heavy atom. The van der Waals surface area contributed by atoms with Gasteiger partial charge in [-0.2, -0.15) is 0 Å². The zero-order chi connectivity index (χ0) is 28.1. The summed E-state index contributed by atoms with van der Waals surface area (Å²) in [6.45, 7) is 3.46. The lowest BCUT2D eigenvalue weighted by Gasteiger charge is -2.26. The van der Waals surface area contributed by atoms with Gasteiger partial charge in [0.15, 0.2) is 17.3 Å². The molecule has 0 saturated carbocycles. The molecule has 0 spiro atoms. The van der Waals surface area contributed by atoms with Crippen molar-refractivity contribution in [3.63, 3.8) is 0 Å². The number of amides is 1. The number of hydrogen-bond acceptors (Lipinski definition) is 8. The predicted molar refractivity (Wildman–Crippen MR) is 149 cm³/mol. The highest BCUT2D eigenvalue weighted by Crippen LogP contribution is 2.38. The van der Waals surface area contributed by atoms with Crippen LogP contribution in [0.15, 0.2) is 51.7 Å². The lowest BCUT2D eigenvalue weighted by atomic mass is 9.91. The third kappa shape index (κ3) is 6.42. The third-order valence-electron chi connectivity index (χ3n) is 7.54. The average Bonchev–Trinajstić information content (AvgIpc) is 3.42. The van der Waals surface area contributed by atoms with Crippen molar-refractivity contribution in [3.05, 3.63) is 80.9 Å². The van der Waals surface area contributed by atoms with Crippen molar-refractivity contribution in [2.75, 3.05) is 33.4 Å². The molecular formula is C31H36N2O7. The number of likely N-dealkylation sites (tertiary alicyclic amines) is 1. The molecule has 0 unspecified atom stereocenters. The Morgan fingerprint density at radius 3 is 2.70 bits per heavy atom. The van der Waals surface area contributed by atoms with Crippen molar-refractivity contribution in [3.8, 4) is 23.0 Å². The van der Waals surface area contributed by atoms with Crippen LogP contribution >= 0.6 is 0 Å². The van der Waals surface area contributed by atoms with E-state index in [0.717, 1.165) is 50.3 Å². The lowest BCUT2D eigenvalue weighted by Crippen LogP contribution is -2.29. The number of methoxy groups -OCH3 is 1. The van der Waals surface area contributed by atoms with Crippen LogP contribution in [0.1, 0.15) is 59.8 Å². The Morgan fingerprint density at radius 2 is 1.93 bits per heavy atom. The van der Waals surface area contributed by atoms with Crippen molar-refractivity contribution >= 4 is 5.91 Å². The number of benzene rings is 2. The van der Waals surface area contributed by atoms with E-state index >= 15 is 0 Å². The highest BCUT2D eigenvalue weighted by molar-refractivity contribution is 5.75. The first kappa shape index (κ1) is 27.6. The van der Waals surface area contributed by atoms with Crippen LogP contribution in [0.2, 0.25) is 0 Å². The summed E-state index contributed by atoms with van der Waals surface area (Å²) in [5, 5.41) is 10.7. The number of rotatable bonds is 11. The number of aromatic hydroxyl groups is 1. The quantitative estimate of drug-likeness (QED) is 0.370. The number of nitrogens with two attached hydrogens (primary N) is 1. The van der Waals surface area contributed by atoms with Gasteiger partial charge in [0.05, 0.1) is 32.8 Å². The van der Waals surface area contributed by atoms with Gasteiger partial charge in [0.25, 0.3) is 0 Å². The molecule has 2 aliphatic rings. The molecule has 1 amide bonds. The van der Waals surface area contributed by atoms with Crippen LogP contribution < -0.4 is 25.4 Å². The number of carbonyl (C=O) groups excluding carboxylic acids is 1. The molecule has 3 aromatic rings. The van der Waals surface area contributed by atoms with E-state index in [0.29, 0.717) is 42.4 Å².